The summed E-state index contributed by atoms with van der Waals surface area (Å²) in [4.78, 5) is 1.62. The van der Waals surface area contributed by atoms with Crippen molar-refractivity contribution in [3.63, 3.8) is 0 Å². The fourth-order valence-corrected chi connectivity index (χ4v) is 3.48. The minimum absolute atomic E-state index is 0.504. The summed E-state index contributed by atoms with van der Waals surface area (Å²) in [5, 5.41) is 4.67. The Morgan fingerprint density at radius 1 is 1.36 bits per heavy atom. The molecule has 0 amide bonds. The van der Waals surface area contributed by atoms with E-state index in [1.807, 2.05) is 18.4 Å². The van der Waals surface area contributed by atoms with Gasteiger partial charge in [0.1, 0.15) is 0 Å². The molecule has 0 spiro atoms. The third kappa shape index (κ3) is 1.56. The van der Waals surface area contributed by atoms with Crippen molar-refractivity contribution < 1.29 is 0 Å². The largest absolute Gasteiger partial charge is 0.380 e. The van der Waals surface area contributed by atoms with Crippen LogP contribution in [0.25, 0.3) is 0 Å². The zero-order valence-corrected chi connectivity index (χ0v) is 10.3. The van der Waals surface area contributed by atoms with Gasteiger partial charge in [-0.1, -0.05) is 13.8 Å². The van der Waals surface area contributed by atoms with Crippen molar-refractivity contribution in [3.8, 4) is 0 Å². The maximum atomic E-state index is 3.30. The second-order valence-electron chi connectivity index (χ2n) is 5.05. The van der Waals surface area contributed by atoms with Crippen LogP contribution in [0.5, 0.6) is 0 Å². The molecule has 0 saturated carbocycles. The summed E-state index contributed by atoms with van der Waals surface area (Å²) in [6.07, 6.45) is 3.87. The average Bonchev–Trinajstić information content (AvgIpc) is 2.42. The molecule has 14 heavy (non-hydrogen) atoms. The summed E-state index contributed by atoms with van der Waals surface area (Å²) < 4.78 is 0. The number of hydrogen-bond acceptors (Lipinski definition) is 2. The summed E-state index contributed by atoms with van der Waals surface area (Å²) in [6, 6.07) is 0. The Hall–Kier alpha value is -0.500. The quantitative estimate of drug-likeness (QED) is 0.745. The van der Waals surface area contributed by atoms with E-state index in [1.54, 1.807) is 10.4 Å². The van der Waals surface area contributed by atoms with Gasteiger partial charge in [0.15, 0.2) is 0 Å². The molecule has 1 aromatic heterocycles. The third-order valence-corrected chi connectivity index (χ3v) is 4.68. The zero-order chi connectivity index (χ0) is 10.3. The minimum Gasteiger partial charge on any atom is -0.380 e. The van der Waals surface area contributed by atoms with Gasteiger partial charge in [0.25, 0.3) is 0 Å². The molecule has 0 saturated heterocycles. The monoisotopic (exact) mass is 209 g/mol. The number of hydrogen-bond donors (Lipinski definition) is 1. The number of thiophene rings is 1. The highest BCUT2D eigenvalue weighted by Gasteiger charge is 2.28. The van der Waals surface area contributed by atoms with Crippen LogP contribution in [0, 0.1) is 12.3 Å². The van der Waals surface area contributed by atoms with Crippen molar-refractivity contribution in [3.05, 3.63) is 16.0 Å². The van der Waals surface area contributed by atoms with Gasteiger partial charge in [-0.05, 0) is 42.7 Å². The molecule has 2 heteroatoms. The van der Waals surface area contributed by atoms with Crippen LogP contribution < -0.4 is 5.32 Å². The summed E-state index contributed by atoms with van der Waals surface area (Å²) in [6.45, 7) is 7.01. The highest BCUT2D eigenvalue weighted by Crippen LogP contribution is 2.42. The first-order valence-electron chi connectivity index (χ1n) is 5.32. The standard InChI is InChI=1S/C12H19NS/c1-8-9-7-12(2,3)6-5-10(9)14-11(8)13-4/h13H,5-7H2,1-4H3. The summed E-state index contributed by atoms with van der Waals surface area (Å²) in [7, 11) is 2.02. The Morgan fingerprint density at radius 3 is 2.71 bits per heavy atom. The second-order valence-corrected chi connectivity index (χ2v) is 6.15. The summed E-state index contributed by atoms with van der Waals surface area (Å²) >= 11 is 1.95. The maximum Gasteiger partial charge on any atom is 0.0915 e. The minimum atomic E-state index is 0.504. The maximum absolute atomic E-state index is 3.30. The van der Waals surface area contributed by atoms with Gasteiger partial charge in [0.2, 0.25) is 0 Å². The molecule has 0 radical (unpaired) electrons. The van der Waals surface area contributed by atoms with E-state index >= 15 is 0 Å². The molecule has 0 aromatic carbocycles. The Kier molecular flexibility index (Phi) is 2.34. The molecule has 0 fully saturated rings. The lowest BCUT2D eigenvalue weighted by atomic mass is 9.76. The SMILES string of the molecule is CNc1sc2c(c1C)CC(C)(C)CC2. The predicted octanol–water partition coefficient (Wildman–Crippen LogP) is 3.61. The molecule has 1 aliphatic carbocycles. The van der Waals surface area contributed by atoms with Crippen LogP contribution in [0.4, 0.5) is 5.00 Å². The molecule has 1 heterocycles. The molecular formula is C12H19NS. The average molecular weight is 209 g/mol. The highest BCUT2D eigenvalue weighted by molar-refractivity contribution is 7.16. The summed E-state index contributed by atoms with van der Waals surface area (Å²) in [5.74, 6) is 0. The van der Waals surface area contributed by atoms with E-state index in [-0.39, 0.29) is 0 Å². The van der Waals surface area contributed by atoms with Crippen LogP contribution in [0.2, 0.25) is 0 Å². The van der Waals surface area contributed by atoms with Gasteiger partial charge in [0.05, 0.1) is 5.00 Å². The number of aryl methyl sites for hydroxylation is 1. The molecule has 1 nitrogen and oxygen atoms in total. The lowest BCUT2D eigenvalue weighted by Gasteiger charge is -2.29. The first-order chi connectivity index (χ1) is 6.53. The first-order valence-corrected chi connectivity index (χ1v) is 6.14. The van der Waals surface area contributed by atoms with E-state index in [9.17, 15) is 0 Å². The van der Waals surface area contributed by atoms with E-state index in [4.69, 9.17) is 0 Å². The van der Waals surface area contributed by atoms with E-state index in [0.29, 0.717) is 5.41 Å². The lowest BCUT2D eigenvalue weighted by molar-refractivity contribution is 0.317. The molecular weight excluding hydrogens is 190 g/mol. The van der Waals surface area contributed by atoms with Crippen LogP contribution in [0.3, 0.4) is 0 Å². The van der Waals surface area contributed by atoms with Gasteiger partial charge in [-0.25, -0.2) is 0 Å². The zero-order valence-electron chi connectivity index (χ0n) is 9.53. The Balaban J connectivity index is 2.41. The number of nitrogens with one attached hydrogen (secondary N) is 1. The fourth-order valence-electron chi connectivity index (χ4n) is 2.30. The predicted molar refractivity (Wildman–Crippen MR) is 64.4 cm³/mol. The van der Waals surface area contributed by atoms with Crippen molar-refractivity contribution in [1.29, 1.82) is 0 Å². The molecule has 0 bridgehead atoms. The van der Waals surface area contributed by atoms with Gasteiger partial charge in [-0.3, -0.25) is 0 Å². The highest BCUT2D eigenvalue weighted by atomic mass is 32.1. The van der Waals surface area contributed by atoms with Crippen molar-refractivity contribution in [2.24, 2.45) is 5.41 Å². The van der Waals surface area contributed by atoms with Gasteiger partial charge in [-0.15, -0.1) is 11.3 Å². The molecule has 1 N–H and O–H groups in total. The van der Waals surface area contributed by atoms with Crippen molar-refractivity contribution in [2.45, 2.75) is 40.0 Å². The molecule has 2 rings (SSSR count). The first kappa shape index (κ1) is 10.0. The molecule has 78 valence electrons. The van der Waals surface area contributed by atoms with E-state index in [2.05, 4.69) is 26.1 Å². The third-order valence-electron chi connectivity index (χ3n) is 3.27. The van der Waals surface area contributed by atoms with Crippen LogP contribution in [-0.4, -0.2) is 7.05 Å². The van der Waals surface area contributed by atoms with Gasteiger partial charge < -0.3 is 5.32 Å². The van der Waals surface area contributed by atoms with Crippen LogP contribution in [0.1, 0.15) is 36.3 Å². The molecule has 1 aromatic rings. The van der Waals surface area contributed by atoms with Crippen molar-refractivity contribution in [2.75, 3.05) is 12.4 Å². The number of anilines is 1. The Labute approximate surface area is 90.5 Å². The molecule has 0 unspecified atom stereocenters. The lowest BCUT2D eigenvalue weighted by Crippen LogP contribution is -2.21. The second kappa shape index (κ2) is 3.27. The van der Waals surface area contributed by atoms with Gasteiger partial charge >= 0.3 is 0 Å². The van der Waals surface area contributed by atoms with E-state index < -0.39 is 0 Å². The smallest absolute Gasteiger partial charge is 0.0915 e. The van der Waals surface area contributed by atoms with Crippen molar-refractivity contribution in [1.82, 2.24) is 0 Å². The fraction of sp³-hybridized carbons (Fsp3) is 0.667. The Morgan fingerprint density at radius 2 is 2.07 bits per heavy atom. The van der Waals surface area contributed by atoms with Crippen molar-refractivity contribution >= 4 is 16.3 Å². The molecule has 1 aliphatic rings. The normalized spacial score (nSPS) is 19.1. The van der Waals surface area contributed by atoms with Crippen LogP contribution >= 0.6 is 11.3 Å². The van der Waals surface area contributed by atoms with E-state index in [1.165, 1.54) is 29.8 Å². The molecule has 0 atom stereocenters. The Bertz CT molecular complexity index is 349. The van der Waals surface area contributed by atoms with Gasteiger partial charge in [0, 0.05) is 11.9 Å². The van der Waals surface area contributed by atoms with Crippen LogP contribution in [0.15, 0.2) is 0 Å². The van der Waals surface area contributed by atoms with Crippen LogP contribution in [-0.2, 0) is 12.8 Å². The number of rotatable bonds is 1. The van der Waals surface area contributed by atoms with E-state index in [0.717, 1.165) is 0 Å². The summed E-state index contributed by atoms with van der Waals surface area (Å²) in [5.41, 5.74) is 3.61. The van der Waals surface area contributed by atoms with Gasteiger partial charge in [-0.2, -0.15) is 0 Å². The topological polar surface area (TPSA) is 12.0 Å². The molecule has 0 aliphatic heterocycles. The number of fused-ring (bicyclic) bond motifs is 1.